The molecule has 2 nitrogen and oxygen atoms in total. The lowest BCUT2D eigenvalue weighted by Gasteiger charge is -1.92. The Labute approximate surface area is 55.2 Å². The van der Waals surface area contributed by atoms with Crippen molar-refractivity contribution in [3.05, 3.63) is 25.3 Å². The van der Waals surface area contributed by atoms with E-state index in [0.29, 0.717) is 18.6 Å². The topological polar surface area (TPSA) is 32.6 Å². The van der Waals surface area contributed by atoms with Gasteiger partial charge in [0.1, 0.15) is 0 Å². The smallest absolute Gasteiger partial charge is 0.0645 e. The lowest BCUT2D eigenvalue weighted by molar-refractivity contribution is 0.317. The van der Waals surface area contributed by atoms with Crippen LogP contribution in [-0.4, -0.2) is 10.9 Å². The predicted molar refractivity (Wildman–Crippen MR) is 38.8 cm³/mol. The first kappa shape index (κ1) is 7.95. The van der Waals surface area contributed by atoms with Gasteiger partial charge in [-0.1, -0.05) is 17.3 Å². The molecule has 0 bridgehead atoms. The van der Waals surface area contributed by atoms with Crippen molar-refractivity contribution in [1.29, 1.82) is 0 Å². The van der Waals surface area contributed by atoms with Crippen LogP contribution < -0.4 is 0 Å². The molecule has 0 aliphatic heterocycles. The van der Waals surface area contributed by atoms with Gasteiger partial charge in [0.05, 0.1) is 5.71 Å². The minimum absolute atomic E-state index is 0.628. The van der Waals surface area contributed by atoms with Crippen LogP contribution in [0.5, 0.6) is 0 Å². The van der Waals surface area contributed by atoms with Crippen LogP contribution in [0.15, 0.2) is 30.5 Å². The second-order valence-electron chi connectivity index (χ2n) is 1.65. The molecule has 2 heteroatoms. The molecule has 50 valence electrons. The van der Waals surface area contributed by atoms with Gasteiger partial charge in [0.15, 0.2) is 0 Å². The van der Waals surface area contributed by atoms with E-state index < -0.39 is 0 Å². The highest BCUT2D eigenvalue weighted by Crippen LogP contribution is 1.93. The Hall–Kier alpha value is -1.05. The average Bonchev–Trinajstić information content (AvgIpc) is 1.88. The van der Waals surface area contributed by atoms with Crippen LogP contribution in [-0.2, 0) is 0 Å². The van der Waals surface area contributed by atoms with Gasteiger partial charge >= 0.3 is 0 Å². The SMILES string of the molecule is C=CCC(CC=C)=NO. The van der Waals surface area contributed by atoms with Gasteiger partial charge < -0.3 is 5.21 Å². The number of allylic oxidation sites excluding steroid dienone is 2. The summed E-state index contributed by atoms with van der Waals surface area (Å²) in [4.78, 5) is 0. The first-order valence-electron chi connectivity index (χ1n) is 2.76. The van der Waals surface area contributed by atoms with Gasteiger partial charge in [-0.05, 0) is 0 Å². The van der Waals surface area contributed by atoms with E-state index in [4.69, 9.17) is 5.21 Å². The Kier molecular flexibility index (Phi) is 4.50. The Morgan fingerprint density at radius 2 is 1.78 bits per heavy atom. The second-order valence-corrected chi connectivity index (χ2v) is 1.65. The monoisotopic (exact) mass is 125 g/mol. The molecule has 0 aromatic rings. The lowest BCUT2D eigenvalue weighted by Crippen LogP contribution is -1.92. The Morgan fingerprint density at radius 1 is 1.33 bits per heavy atom. The zero-order valence-corrected chi connectivity index (χ0v) is 5.38. The Bertz CT molecular complexity index is 115. The minimum atomic E-state index is 0.628. The molecule has 0 rings (SSSR count). The molecule has 0 fully saturated rings. The molecule has 0 atom stereocenters. The molecule has 9 heavy (non-hydrogen) atoms. The number of rotatable bonds is 4. The van der Waals surface area contributed by atoms with Crippen molar-refractivity contribution in [3.8, 4) is 0 Å². The molecule has 0 aromatic carbocycles. The van der Waals surface area contributed by atoms with Crippen LogP contribution in [0.25, 0.3) is 0 Å². The van der Waals surface area contributed by atoms with E-state index in [0.717, 1.165) is 0 Å². The van der Waals surface area contributed by atoms with E-state index in [1.807, 2.05) is 0 Å². The van der Waals surface area contributed by atoms with Crippen LogP contribution in [0.2, 0.25) is 0 Å². The molecule has 0 unspecified atom stereocenters. The zero-order chi connectivity index (χ0) is 7.11. The fraction of sp³-hybridized carbons (Fsp3) is 0.286. The van der Waals surface area contributed by atoms with E-state index in [1.54, 1.807) is 12.2 Å². The van der Waals surface area contributed by atoms with Crippen LogP contribution in [0.1, 0.15) is 12.8 Å². The summed E-state index contributed by atoms with van der Waals surface area (Å²) >= 11 is 0. The normalized spacial score (nSPS) is 8.00. The van der Waals surface area contributed by atoms with Crippen LogP contribution in [0, 0.1) is 0 Å². The summed E-state index contributed by atoms with van der Waals surface area (Å²) in [6.07, 6.45) is 4.64. The molecular formula is C7H11NO. The quantitative estimate of drug-likeness (QED) is 0.265. The van der Waals surface area contributed by atoms with Crippen molar-refractivity contribution in [2.75, 3.05) is 0 Å². The van der Waals surface area contributed by atoms with Crippen LogP contribution >= 0.6 is 0 Å². The van der Waals surface area contributed by atoms with Gasteiger partial charge in [-0.3, -0.25) is 0 Å². The zero-order valence-electron chi connectivity index (χ0n) is 5.38. The fourth-order valence-corrected chi connectivity index (χ4v) is 0.498. The first-order valence-corrected chi connectivity index (χ1v) is 2.76. The van der Waals surface area contributed by atoms with Crippen LogP contribution in [0.3, 0.4) is 0 Å². The van der Waals surface area contributed by atoms with E-state index in [-0.39, 0.29) is 0 Å². The van der Waals surface area contributed by atoms with E-state index in [9.17, 15) is 0 Å². The number of nitrogens with zero attached hydrogens (tertiary/aromatic N) is 1. The van der Waals surface area contributed by atoms with Gasteiger partial charge in [0, 0.05) is 12.8 Å². The number of oxime groups is 1. The predicted octanol–water partition coefficient (Wildman–Crippen LogP) is 1.97. The van der Waals surface area contributed by atoms with Crippen molar-refractivity contribution in [2.45, 2.75) is 12.8 Å². The highest BCUT2D eigenvalue weighted by Gasteiger charge is 1.90. The third-order valence-corrected chi connectivity index (χ3v) is 0.901. The summed E-state index contributed by atoms with van der Waals surface area (Å²) in [5.74, 6) is 0. The highest BCUT2D eigenvalue weighted by atomic mass is 16.4. The molecule has 0 aliphatic carbocycles. The van der Waals surface area contributed by atoms with Gasteiger partial charge in [0.25, 0.3) is 0 Å². The summed E-state index contributed by atoms with van der Waals surface area (Å²) in [6.45, 7) is 7.01. The van der Waals surface area contributed by atoms with Crippen molar-refractivity contribution < 1.29 is 5.21 Å². The molecule has 0 radical (unpaired) electrons. The molecule has 0 aromatic heterocycles. The van der Waals surface area contributed by atoms with Gasteiger partial charge in [-0.2, -0.15) is 0 Å². The van der Waals surface area contributed by atoms with E-state index in [2.05, 4.69) is 18.3 Å². The third-order valence-electron chi connectivity index (χ3n) is 0.901. The summed E-state index contributed by atoms with van der Waals surface area (Å²) < 4.78 is 0. The third kappa shape index (κ3) is 3.53. The summed E-state index contributed by atoms with van der Waals surface area (Å²) in [6, 6.07) is 0. The summed E-state index contributed by atoms with van der Waals surface area (Å²) in [5, 5.41) is 11.3. The van der Waals surface area contributed by atoms with Gasteiger partial charge in [-0.15, -0.1) is 13.2 Å². The van der Waals surface area contributed by atoms with Crippen molar-refractivity contribution in [2.24, 2.45) is 5.16 Å². The van der Waals surface area contributed by atoms with Crippen molar-refractivity contribution >= 4 is 5.71 Å². The molecule has 0 saturated carbocycles. The lowest BCUT2D eigenvalue weighted by atomic mass is 10.2. The summed E-state index contributed by atoms with van der Waals surface area (Å²) in [7, 11) is 0. The van der Waals surface area contributed by atoms with E-state index >= 15 is 0 Å². The maximum Gasteiger partial charge on any atom is 0.0645 e. The number of hydrogen-bond acceptors (Lipinski definition) is 2. The molecule has 0 heterocycles. The van der Waals surface area contributed by atoms with Crippen molar-refractivity contribution in [3.63, 3.8) is 0 Å². The largest absolute Gasteiger partial charge is 0.411 e. The molecule has 0 saturated heterocycles. The van der Waals surface area contributed by atoms with Crippen molar-refractivity contribution in [1.82, 2.24) is 0 Å². The van der Waals surface area contributed by atoms with Gasteiger partial charge in [-0.25, -0.2) is 0 Å². The average molecular weight is 125 g/mol. The number of hydrogen-bond donors (Lipinski definition) is 1. The molecule has 1 N–H and O–H groups in total. The highest BCUT2D eigenvalue weighted by molar-refractivity contribution is 5.86. The summed E-state index contributed by atoms with van der Waals surface area (Å²) in [5.41, 5.74) is 0.694. The molecule has 0 aliphatic rings. The Morgan fingerprint density at radius 3 is 2.00 bits per heavy atom. The Balaban J connectivity index is 3.68. The molecule has 0 spiro atoms. The molecular weight excluding hydrogens is 114 g/mol. The molecule has 0 amide bonds. The van der Waals surface area contributed by atoms with E-state index in [1.165, 1.54) is 0 Å². The second kappa shape index (κ2) is 5.09. The fourth-order valence-electron chi connectivity index (χ4n) is 0.498. The minimum Gasteiger partial charge on any atom is -0.411 e. The maximum atomic E-state index is 8.28. The first-order chi connectivity index (χ1) is 4.35. The maximum absolute atomic E-state index is 8.28. The van der Waals surface area contributed by atoms with Crippen LogP contribution in [0.4, 0.5) is 0 Å². The van der Waals surface area contributed by atoms with Gasteiger partial charge in [0.2, 0.25) is 0 Å². The standard InChI is InChI=1S/C7H11NO/c1-3-5-7(8-9)6-4-2/h3-4,9H,1-2,5-6H2.